The van der Waals surface area contributed by atoms with Gasteiger partial charge in [0.15, 0.2) is 0 Å². The number of amides is 3. The second kappa shape index (κ2) is 11.1. The van der Waals surface area contributed by atoms with Crippen molar-refractivity contribution in [2.24, 2.45) is 5.92 Å². The summed E-state index contributed by atoms with van der Waals surface area (Å²) in [4.78, 5) is 56.9. The Bertz CT molecular complexity index is 1230. The van der Waals surface area contributed by atoms with Crippen molar-refractivity contribution in [1.82, 2.24) is 14.7 Å². The van der Waals surface area contributed by atoms with E-state index in [0.717, 1.165) is 28.7 Å². The zero-order valence-electron chi connectivity index (χ0n) is 22.7. The number of carbonyl (C=O) groups is 4. The van der Waals surface area contributed by atoms with Crippen LogP contribution < -0.4 is 0 Å². The molecule has 2 aromatic rings. The van der Waals surface area contributed by atoms with Crippen molar-refractivity contribution in [3.05, 3.63) is 59.7 Å². The fourth-order valence-electron chi connectivity index (χ4n) is 5.98. The molecule has 5 rings (SSSR count). The zero-order valence-corrected chi connectivity index (χ0v) is 22.7. The van der Waals surface area contributed by atoms with Crippen molar-refractivity contribution < 1.29 is 28.7 Å². The lowest BCUT2D eigenvalue weighted by Gasteiger charge is -2.51. The average Bonchev–Trinajstić information content (AvgIpc) is 3.27. The summed E-state index contributed by atoms with van der Waals surface area (Å²) in [6.45, 7) is 5.09. The van der Waals surface area contributed by atoms with Gasteiger partial charge in [0.05, 0.1) is 20.1 Å². The van der Waals surface area contributed by atoms with Crippen molar-refractivity contribution in [2.45, 2.75) is 51.2 Å². The largest absolute Gasteiger partial charge is 0.469 e. The van der Waals surface area contributed by atoms with Crippen LogP contribution in [0.1, 0.15) is 50.2 Å². The molecule has 1 aliphatic carbocycles. The van der Waals surface area contributed by atoms with Gasteiger partial charge >= 0.3 is 12.1 Å². The fraction of sp³-hybridized carbons (Fsp3) is 0.467. The summed E-state index contributed by atoms with van der Waals surface area (Å²) < 4.78 is 10.7. The minimum Gasteiger partial charge on any atom is -0.469 e. The summed E-state index contributed by atoms with van der Waals surface area (Å²) in [6, 6.07) is 15.2. The highest BCUT2D eigenvalue weighted by molar-refractivity contribution is 5.93. The predicted molar refractivity (Wildman–Crippen MR) is 143 cm³/mol. The number of rotatable bonds is 7. The normalized spacial score (nSPS) is 21.3. The lowest BCUT2D eigenvalue weighted by Crippen LogP contribution is -2.71. The Kier molecular flexibility index (Phi) is 7.59. The third-order valence-electron chi connectivity index (χ3n) is 8.24. The highest BCUT2D eigenvalue weighted by Gasteiger charge is 2.50. The Morgan fingerprint density at radius 3 is 2.28 bits per heavy atom. The predicted octanol–water partition coefficient (Wildman–Crippen LogP) is 3.62. The molecule has 0 bridgehead atoms. The van der Waals surface area contributed by atoms with Crippen molar-refractivity contribution >= 4 is 23.9 Å². The molecule has 2 aromatic carbocycles. The first kappa shape index (κ1) is 26.7. The minimum absolute atomic E-state index is 0.0526. The molecule has 2 aliphatic heterocycles. The maximum atomic E-state index is 13.6. The summed E-state index contributed by atoms with van der Waals surface area (Å²) in [7, 11) is 1.26. The molecule has 3 amide bonds. The van der Waals surface area contributed by atoms with E-state index in [1.54, 1.807) is 4.90 Å². The van der Waals surface area contributed by atoms with Gasteiger partial charge in [-0.2, -0.15) is 0 Å². The molecule has 39 heavy (non-hydrogen) atoms. The van der Waals surface area contributed by atoms with Gasteiger partial charge in [-0.3, -0.25) is 19.3 Å². The molecule has 2 saturated heterocycles. The van der Waals surface area contributed by atoms with Gasteiger partial charge in [-0.25, -0.2) is 4.79 Å². The van der Waals surface area contributed by atoms with Crippen LogP contribution in [0.2, 0.25) is 0 Å². The molecular formula is C30H35N3O6. The van der Waals surface area contributed by atoms with E-state index in [1.165, 1.54) is 16.9 Å². The van der Waals surface area contributed by atoms with Gasteiger partial charge in [-0.1, -0.05) is 68.8 Å². The molecule has 9 nitrogen and oxygen atoms in total. The van der Waals surface area contributed by atoms with Crippen LogP contribution in [0.5, 0.6) is 0 Å². The molecule has 0 spiro atoms. The molecule has 0 radical (unpaired) electrons. The van der Waals surface area contributed by atoms with Crippen molar-refractivity contribution in [3.63, 3.8) is 0 Å². The highest BCUT2D eigenvalue weighted by Crippen LogP contribution is 2.44. The summed E-state index contributed by atoms with van der Waals surface area (Å²) in [5.74, 6) is -0.997. The Morgan fingerprint density at radius 2 is 1.67 bits per heavy atom. The van der Waals surface area contributed by atoms with Crippen molar-refractivity contribution in [1.29, 1.82) is 0 Å². The SMILES string of the molecule is CCC(C)CN1CC2N(C(=O)OCC3c4ccccc4-c4ccccc43)CCC(=O)N2C(CC(=O)OC)C1=O. The van der Waals surface area contributed by atoms with E-state index in [4.69, 9.17) is 9.47 Å². The Hall–Kier alpha value is -3.88. The van der Waals surface area contributed by atoms with Gasteiger partial charge in [0.25, 0.3) is 0 Å². The van der Waals surface area contributed by atoms with Crippen LogP contribution >= 0.6 is 0 Å². The number of benzene rings is 2. The third-order valence-corrected chi connectivity index (χ3v) is 8.24. The summed E-state index contributed by atoms with van der Waals surface area (Å²) in [5.41, 5.74) is 4.51. The van der Waals surface area contributed by atoms with Crippen LogP contribution in [0.3, 0.4) is 0 Å². The molecule has 3 atom stereocenters. The number of esters is 1. The van der Waals surface area contributed by atoms with Crippen LogP contribution in [0.15, 0.2) is 48.5 Å². The van der Waals surface area contributed by atoms with Crippen LogP contribution in [0, 0.1) is 5.92 Å². The first-order valence-electron chi connectivity index (χ1n) is 13.6. The Balaban J connectivity index is 1.38. The maximum Gasteiger partial charge on any atom is 0.411 e. The molecule has 9 heteroatoms. The second-order valence-electron chi connectivity index (χ2n) is 10.6. The number of piperazine rings is 1. The number of hydrogen-bond acceptors (Lipinski definition) is 6. The first-order chi connectivity index (χ1) is 18.8. The molecular weight excluding hydrogens is 498 g/mol. The average molecular weight is 534 g/mol. The Labute approximate surface area is 228 Å². The van der Waals surface area contributed by atoms with Crippen LogP contribution in [-0.4, -0.2) is 84.1 Å². The maximum absolute atomic E-state index is 13.6. The number of fused-ring (bicyclic) bond motifs is 4. The van der Waals surface area contributed by atoms with E-state index in [1.807, 2.05) is 38.1 Å². The molecule has 3 aliphatic rings. The zero-order chi connectivity index (χ0) is 27.7. The van der Waals surface area contributed by atoms with Gasteiger partial charge in [-0.05, 0) is 28.2 Å². The molecule has 0 N–H and O–H groups in total. The van der Waals surface area contributed by atoms with Crippen molar-refractivity contribution in [2.75, 3.05) is 33.4 Å². The van der Waals surface area contributed by atoms with Crippen LogP contribution in [-0.2, 0) is 23.9 Å². The van der Waals surface area contributed by atoms with Gasteiger partial charge in [0.1, 0.15) is 18.8 Å². The van der Waals surface area contributed by atoms with Gasteiger partial charge < -0.3 is 19.3 Å². The van der Waals surface area contributed by atoms with E-state index >= 15 is 0 Å². The van der Waals surface area contributed by atoms with E-state index in [9.17, 15) is 19.2 Å². The van der Waals surface area contributed by atoms with E-state index < -0.39 is 24.3 Å². The molecule has 2 fully saturated rings. The topological polar surface area (TPSA) is 96.5 Å². The minimum atomic E-state index is -1.02. The lowest BCUT2D eigenvalue weighted by molar-refractivity contribution is -0.171. The van der Waals surface area contributed by atoms with E-state index in [-0.39, 0.29) is 56.2 Å². The van der Waals surface area contributed by atoms with Gasteiger partial charge in [0, 0.05) is 25.4 Å². The Morgan fingerprint density at radius 1 is 1.03 bits per heavy atom. The molecule has 0 saturated carbocycles. The number of hydrogen-bond donors (Lipinski definition) is 0. The van der Waals surface area contributed by atoms with E-state index in [2.05, 4.69) is 24.3 Å². The van der Waals surface area contributed by atoms with E-state index in [0.29, 0.717) is 6.54 Å². The molecule has 2 heterocycles. The molecule has 0 aromatic heterocycles. The van der Waals surface area contributed by atoms with Gasteiger partial charge in [-0.15, -0.1) is 0 Å². The smallest absolute Gasteiger partial charge is 0.411 e. The lowest BCUT2D eigenvalue weighted by atomic mass is 9.98. The number of methoxy groups -OCH3 is 1. The number of carbonyl (C=O) groups excluding carboxylic acids is 4. The van der Waals surface area contributed by atoms with Crippen LogP contribution in [0.4, 0.5) is 4.79 Å². The summed E-state index contributed by atoms with van der Waals surface area (Å²) in [5, 5.41) is 0. The van der Waals surface area contributed by atoms with Gasteiger partial charge in [0.2, 0.25) is 11.8 Å². The standard InChI is InChI=1S/C30H35N3O6/c1-4-19(2)16-31-17-26-32(14-13-27(34)33(26)25(29(31)36)15-28(35)38-3)30(37)39-18-24-22-11-7-5-9-20(22)21-10-6-8-12-23(21)24/h5-12,19,24-26H,4,13-18H2,1-3H3. The molecule has 206 valence electrons. The summed E-state index contributed by atoms with van der Waals surface area (Å²) in [6.07, 6.45) is -0.578. The second-order valence-corrected chi connectivity index (χ2v) is 10.6. The summed E-state index contributed by atoms with van der Waals surface area (Å²) >= 11 is 0. The van der Waals surface area contributed by atoms with Crippen LogP contribution in [0.25, 0.3) is 11.1 Å². The first-order valence-corrected chi connectivity index (χ1v) is 13.6. The monoisotopic (exact) mass is 533 g/mol. The van der Waals surface area contributed by atoms with Crippen molar-refractivity contribution in [3.8, 4) is 11.1 Å². The molecule has 3 unspecified atom stereocenters. The highest BCUT2D eigenvalue weighted by atomic mass is 16.6. The number of nitrogens with zero attached hydrogens (tertiary/aromatic N) is 3. The fourth-order valence-corrected chi connectivity index (χ4v) is 5.98. The third kappa shape index (κ3) is 4.97. The quantitative estimate of drug-likeness (QED) is 0.505. The number of ether oxygens (including phenoxy) is 2.